The van der Waals surface area contributed by atoms with Crippen molar-refractivity contribution in [3.63, 3.8) is 0 Å². The molecule has 0 bridgehead atoms. The predicted octanol–water partition coefficient (Wildman–Crippen LogP) is 4.56. The van der Waals surface area contributed by atoms with Crippen LogP contribution in [0.25, 0.3) is 27.9 Å². The minimum absolute atomic E-state index is 0. The lowest BCUT2D eigenvalue weighted by molar-refractivity contribution is -0.114. The largest absolute Gasteiger partial charge is 0.350 e. The Labute approximate surface area is 208 Å². The van der Waals surface area contributed by atoms with Crippen LogP contribution in [0.5, 0.6) is 0 Å². The smallest absolute Gasteiger partial charge is 0.327 e. The van der Waals surface area contributed by atoms with Gasteiger partial charge in [0, 0.05) is 19.2 Å². The molecule has 1 amide bonds. The molecule has 4 aromatic rings. The van der Waals surface area contributed by atoms with E-state index >= 15 is 0 Å². The van der Waals surface area contributed by atoms with E-state index in [1.54, 1.807) is 0 Å². The summed E-state index contributed by atoms with van der Waals surface area (Å²) in [7, 11) is 0. The van der Waals surface area contributed by atoms with Crippen molar-refractivity contribution in [2.75, 3.05) is 11.9 Å². The molecular formula is C26H25ClFN5O2. The van der Waals surface area contributed by atoms with E-state index in [9.17, 15) is 14.0 Å². The first-order valence-electron chi connectivity index (χ1n) is 10.7. The summed E-state index contributed by atoms with van der Waals surface area (Å²) in [6.07, 6.45) is 1.83. The molecule has 0 saturated carbocycles. The number of benzene rings is 3. The van der Waals surface area contributed by atoms with Gasteiger partial charge >= 0.3 is 5.69 Å². The zero-order valence-electron chi connectivity index (χ0n) is 19.0. The zero-order valence-corrected chi connectivity index (χ0v) is 19.8. The highest BCUT2D eigenvalue weighted by atomic mass is 35.5. The van der Waals surface area contributed by atoms with Crippen LogP contribution in [0.15, 0.2) is 95.8 Å². The van der Waals surface area contributed by atoms with Crippen LogP contribution < -0.4 is 16.7 Å². The molecule has 0 aliphatic carbocycles. The number of nitrogens with zero attached hydrogens (tertiary/aromatic N) is 3. The van der Waals surface area contributed by atoms with Gasteiger partial charge in [-0.15, -0.1) is 12.4 Å². The molecule has 0 spiro atoms. The van der Waals surface area contributed by atoms with Crippen molar-refractivity contribution in [1.82, 2.24) is 14.3 Å². The molecule has 35 heavy (non-hydrogen) atoms. The Morgan fingerprint density at radius 1 is 1.00 bits per heavy atom. The van der Waals surface area contributed by atoms with Crippen molar-refractivity contribution >= 4 is 24.0 Å². The van der Waals surface area contributed by atoms with Crippen LogP contribution in [0, 0.1) is 0 Å². The van der Waals surface area contributed by atoms with Crippen molar-refractivity contribution in [2.24, 2.45) is 5.73 Å². The maximum atomic E-state index is 12.9. The van der Waals surface area contributed by atoms with Gasteiger partial charge in [0.1, 0.15) is 6.33 Å². The fourth-order valence-electron chi connectivity index (χ4n) is 3.62. The molecule has 9 heteroatoms. The fourth-order valence-corrected chi connectivity index (χ4v) is 3.62. The molecular weight excluding hydrogens is 469 g/mol. The summed E-state index contributed by atoms with van der Waals surface area (Å²) < 4.78 is 15.5. The van der Waals surface area contributed by atoms with Crippen molar-refractivity contribution in [1.29, 1.82) is 0 Å². The van der Waals surface area contributed by atoms with Gasteiger partial charge < -0.3 is 11.1 Å². The van der Waals surface area contributed by atoms with E-state index in [0.717, 1.165) is 27.9 Å². The lowest BCUT2D eigenvalue weighted by Gasteiger charge is -2.09. The topological polar surface area (TPSA) is 94.9 Å². The number of nitrogens with two attached hydrogens (primary N) is 1. The van der Waals surface area contributed by atoms with Crippen LogP contribution in [0.3, 0.4) is 0 Å². The van der Waals surface area contributed by atoms with Crippen molar-refractivity contribution < 1.29 is 9.18 Å². The van der Waals surface area contributed by atoms with Gasteiger partial charge in [-0.25, -0.2) is 18.4 Å². The van der Waals surface area contributed by atoms with Crippen LogP contribution >= 0.6 is 12.4 Å². The second-order valence-electron chi connectivity index (χ2n) is 7.80. The van der Waals surface area contributed by atoms with E-state index in [0.29, 0.717) is 12.0 Å². The number of aromatic nitrogens is 3. The third kappa shape index (κ3) is 5.92. The Balaban J connectivity index is 0.00000342. The number of hydrogen-bond donors (Lipinski definition) is 2. The lowest BCUT2D eigenvalue weighted by atomic mass is 9.98. The zero-order chi connectivity index (χ0) is 24.1. The van der Waals surface area contributed by atoms with Gasteiger partial charge in [0.15, 0.2) is 0 Å². The molecule has 1 heterocycles. The van der Waals surface area contributed by atoms with Crippen molar-refractivity contribution in [2.45, 2.75) is 13.5 Å². The molecule has 7 nitrogen and oxygen atoms in total. The summed E-state index contributed by atoms with van der Waals surface area (Å²) in [4.78, 5) is 24.0. The first kappa shape index (κ1) is 25.6. The lowest BCUT2D eigenvalue weighted by Crippen LogP contribution is -2.25. The average molecular weight is 494 g/mol. The number of rotatable bonds is 7. The molecule has 3 N–H and O–H groups in total. The third-order valence-electron chi connectivity index (χ3n) is 5.36. The molecule has 0 unspecified atom stereocenters. The van der Waals surface area contributed by atoms with Gasteiger partial charge in [-0.3, -0.25) is 4.79 Å². The highest BCUT2D eigenvalue weighted by molar-refractivity contribution is 5.89. The van der Waals surface area contributed by atoms with Gasteiger partial charge in [-0.05, 0) is 58.2 Å². The van der Waals surface area contributed by atoms with Crippen LogP contribution in [-0.2, 0) is 11.3 Å². The average Bonchev–Trinajstić information content (AvgIpc) is 3.22. The number of carbonyl (C=O) groups is 1. The van der Waals surface area contributed by atoms with Gasteiger partial charge in [-0.1, -0.05) is 42.5 Å². The van der Waals surface area contributed by atoms with Gasteiger partial charge in [0.2, 0.25) is 5.91 Å². The predicted molar refractivity (Wildman–Crippen MR) is 138 cm³/mol. The number of halogens is 2. The Bertz CT molecular complexity index is 1410. The van der Waals surface area contributed by atoms with E-state index in [1.807, 2.05) is 66.7 Å². The first-order valence-corrected chi connectivity index (χ1v) is 10.7. The normalized spacial score (nSPS) is 11.1. The Hall–Kier alpha value is -4.01. The molecule has 4 rings (SSSR count). The number of anilines is 1. The second kappa shape index (κ2) is 11.4. The number of hydrogen-bond acceptors (Lipinski definition) is 4. The monoisotopic (exact) mass is 493 g/mol. The van der Waals surface area contributed by atoms with Crippen LogP contribution in [-0.4, -0.2) is 26.8 Å². The molecule has 0 saturated heterocycles. The summed E-state index contributed by atoms with van der Waals surface area (Å²) in [6, 6.07) is 23.3. The van der Waals surface area contributed by atoms with E-state index in [4.69, 9.17) is 5.73 Å². The molecule has 1 aromatic heterocycles. The molecule has 3 aromatic carbocycles. The minimum Gasteiger partial charge on any atom is -0.327 e. The van der Waals surface area contributed by atoms with Crippen molar-refractivity contribution in [3.05, 3.63) is 102 Å². The summed E-state index contributed by atoms with van der Waals surface area (Å²) >= 11 is 0. The van der Waals surface area contributed by atoms with E-state index in [2.05, 4.69) is 16.5 Å². The number of carbonyl (C=O) groups excluding carboxylic acids is 1. The molecule has 0 radical (unpaired) electrons. The van der Waals surface area contributed by atoms with E-state index in [1.165, 1.54) is 22.5 Å². The Morgan fingerprint density at radius 3 is 2.26 bits per heavy atom. The SMILES string of the molecule is CC(=O)Nc1ccc(-c2cccc(-c3cccc(-n4cnn(C/C(=C/F)CN)c4=O)c3)c2)cc1.Cl. The maximum absolute atomic E-state index is 12.9. The first-order chi connectivity index (χ1) is 16.5. The summed E-state index contributed by atoms with van der Waals surface area (Å²) in [5.74, 6) is -0.113. The quantitative estimate of drug-likeness (QED) is 0.394. The van der Waals surface area contributed by atoms with E-state index in [-0.39, 0.29) is 42.7 Å². The molecule has 0 atom stereocenters. The second-order valence-corrected chi connectivity index (χ2v) is 7.80. The van der Waals surface area contributed by atoms with Gasteiger partial charge in [-0.2, -0.15) is 5.10 Å². The van der Waals surface area contributed by atoms with Crippen LogP contribution in [0.2, 0.25) is 0 Å². The highest BCUT2D eigenvalue weighted by Gasteiger charge is 2.10. The highest BCUT2D eigenvalue weighted by Crippen LogP contribution is 2.28. The Kier molecular flexibility index (Phi) is 8.35. The Morgan fingerprint density at radius 2 is 1.63 bits per heavy atom. The summed E-state index contributed by atoms with van der Waals surface area (Å²) in [6.45, 7) is 1.49. The van der Waals surface area contributed by atoms with Gasteiger partial charge in [0.25, 0.3) is 0 Å². The fraction of sp³-hybridized carbons (Fsp3) is 0.115. The number of nitrogens with one attached hydrogen (secondary N) is 1. The maximum Gasteiger partial charge on any atom is 0.350 e. The summed E-state index contributed by atoms with van der Waals surface area (Å²) in [5.41, 5.74) is 10.7. The van der Waals surface area contributed by atoms with Crippen LogP contribution in [0.4, 0.5) is 10.1 Å². The van der Waals surface area contributed by atoms with Crippen LogP contribution in [0.1, 0.15) is 6.92 Å². The molecule has 180 valence electrons. The number of amides is 1. The van der Waals surface area contributed by atoms with Gasteiger partial charge in [0.05, 0.1) is 18.6 Å². The summed E-state index contributed by atoms with van der Waals surface area (Å²) in [5, 5.41) is 6.85. The molecule has 0 fully saturated rings. The molecule has 0 aliphatic rings. The van der Waals surface area contributed by atoms with Crippen molar-refractivity contribution in [3.8, 4) is 27.9 Å². The van der Waals surface area contributed by atoms with E-state index < -0.39 is 0 Å². The minimum atomic E-state index is -0.377. The molecule has 0 aliphatic heterocycles. The standard InChI is InChI=1S/C26H24FN5O2.ClH/c1-18(33)30-24-10-8-20(9-11-24)21-4-2-5-22(12-21)23-6-3-7-25(13-23)31-17-29-32(26(31)34)16-19(14-27)15-28;/h2-14,17H,15-16,28H2,1H3,(H,30,33);1H/b19-14+;. The third-order valence-corrected chi connectivity index (χ3v) is 5.36.